The molecule has 0 amide bonds. The first-order valence-electron chi connectivity index (χ1n) is 5.27. The Hall–Kier alpha value is -0.650. The van der Waals surface area contributed by atoms with Gasteiger partial charge in [-0.2, -0.15) is 0 Å². The summed E-state index contributed by atoms with van der Waals surface area (Å²) in [5, 5.41) is 9.15. The number of hydrogen-bond acceptors (Lipinski definition) is 3. The van der Waals surface area contributed by atoms with Crippen molar-refractivity contribution in [2.45, 2.75) is 26.0 Å². The molecule has 1 aromatic heterocycles. The largest absolute Gasteiger partial charge is 0.390 e. The summed E-state index contributed by atoms with van der Waals surface area (Å²) in [6.07, 6.45) is 3.94. The van der Waals surface area contributed by atoms with E-state index in [1.807, 2.05) is 4.57 Å². The molecule has 1 aliphatic rings. The summed E-state index contributed by atoms with van der Waals surface area (Å²) in [4.78, 5) is 2.96. The molecular formula is C10H16N2O2S. The van der Waals surface area contributed by atoms with Crippen molar-refractivity contribution in [3.8, 4) is 0 Å². The van der Waals surface area contributed by atoms with E-state index in [4.69, 9.17) is 22.1 Å². The molecule has 0 radical (unpaired) electrons. The van der Waals surface area contributed by atoms with E-state index in [1.54, 1.807) is 6.20 Å². The van der Waals surface area contributed by atoms with Crippen LogP contribution in [0.1, 0.15) is 18.5 Å². The van der Waals surface area contributed by atoms with Crippen LogP contribution in [-0.4, -0.2) is 27.9 Å². The van der Waals surface area contributed by atoms with Gasteiger partial charge in [-0.15, -0.1) is 0 Å². The zero-order chi connectivity index (χ0) is 10.7. The maximum absolute atomic E-state index is 9.15. The van der Waals surface area contributed by atoms with Crippen LogP contribution in [0.4, 0.5) is 0 Å². The first-order chi connectivity index (χ1) is 7.31. The van der Waals surface area contributed by atoms with E-state index in [9.17, 15) is 0 Å². The highest BCUT2D eigenvalue weighted by Crippen LogP contribution is 2.18. The molecule has 1 aromatic rings. The third-order valence-corrected chi connectivity index (χ3v) is 3.24. The second-order valence-electron chi connectivity index (χ2n) is 3.91. The lowest BCUT2D eigenvalue weighted by atomic mass is 10.0. The van der Waals surface area contributed by atoms with E-state index >= 15 is 0 Å². The molecule has 0 atom stereocenters. The Morgan fingerprint density at radius 1 is 1.53 bits per heavy atom. The number of imidazole rings is 1. The van der Waals surface area contributed by atoms with Gasteiger partial charge in [-0.05, 0) is 31.0 Å². The van der Waals surface area contributed by atoms with Gasteiger partial charge < -0.3 is 19.4 Å². The predicted molar refractivity (Wildman–Crippen MR) is 59.1 cm³/mol. The lowest BCUT2D eigenvalue weighted by molar-refractivity contribution is 0.0606. The van der Waals surface area contributed by atoms with Crippen LogP contribution in [0.3, 0.4) is 0 Å². The number of aliphatic hydroxyl groups is 1. The van der Waals surface area contributed by atoms with E-state index in [0.717, 1.165) is 38.3 Å². The number of aromatic amines is 1. The SMILES string of the molecule is OCc1c[nH]c(=S)n1CC1CCOCC1. The van der Waals surface area contributed by atoms with Gasteiger partial charge in [0, 0.05) is 26.0 Å². The van der Waals surface area contributed by atoms with Crippen molar-refractivity contribution < 1.29 is 9.84 Å². The Morgan fingerprint density at radius 3 is 2.93 bits per heavy atom. The van der Waals surface area contributed by atoms with Gasteiger partial charge in [0.05, 0.1) is 12.3 Å². The molecule has 0 aliphatic carbocycles. The smallest absolute Gasteiger partial charge is 0.177 e. The van der Waals surface area contributed by atoms with E-state index < -0.39 is 0 Å². The van der Waals surface area contributed by atoms with Crippen molar-refractivity contribution in [3.63, 3.8) is 0 Å². The number of rotatable bonds is 3. The second kappa shape index (κ2) is 4.92. The molecule has 15 heavy (non-hydrogen) atoms. The molecule has 1 fully saturated rings. The molecule has 1 saturated heterocycles. The highest BCUT2D eigenvalue weighted by molar-refractivity contribution is 7.71. The van der Waals surface area contributed by atoms with Crippen LogP contribution in [-0.2, 0) is 17.9 Å². The third kappa shape index (κ3) is 2.48. The summed E-state index contributed by atoms with van der Waals surface area (Å²) in [6, 6.07) is 0. The molecule has 2 N–H and O–H groups in total. The average Bonchev–Trinajstić information content (AvgIpc) is 2.62. The zero-order valence-electron chi connectivity index (χ0n) is 8.61. The first-order valence-corrected chi connectivity index (χ1v) is 5.68. The second-order valence-corrected chi connectivity index (χ2v) is 4.30. The Kier molecular flexibility index (Phi) is 3.56. The average molecular weight is 228 g/mol. The fourth-order valence-electron chi connectivity index (χ4n) is 1.95. The normalized spacial score (nSPS) is 18.2. The number of aromatic nitrogens is 2. The minimum atomic E-state index is 0.0381. The number of aliphatic hydroxyl groups excluding tert-OH is 1. The van der Waals surface area contributed by atoms with Gasteiger partial charge in [-0.25, -0.2) is 0 Å². The van der Waals surface area contributed by atoms with Crippen LogP contribution in [0.25, 0.3) is 0 Å². The van der Waals surface area contributed by atoms with E-state index in [1.165, 1.54) is 0 Å². The molecule has 0 unspecified atom stereocenters. The lowest BCUT2D eigenvalue weighted by Crippen LogP contribution is -2.21. The summed E-state index contributed by atoms with van der Waals surface area (Å²) in [6.45, 7) is 2.62. The van der Waals surface area contributed by atoms with Crippen molar-refractivity contribution in [1.82, 2.24) is 9.55 Å². The van der Waals surface area contributed by atoms with E-state index in [2.05, 4.69) is 4.98 Å². The topological polar surface area (TPSA) is 50.2 Å². The maximum atomic E-state index is 9.15. The van der Waals surface area contributed by atoms with Gasteiger partial charge in [-0.1, -0.05) is 0 Å². The van der Waals surface area contributed by atoms with Crippen molar-refractivity contribution in [2.75, 3.05) is 13.2 Å². The van der Waals surface area contributed by atoms with Crippen LogP contribution in [0.15, 0.2) is 6.20 Å². The lowest BCUT2D eigenvalue weighted by Gasteiger charge is -2.22. The molecule has 0 aromatic carbocycles. The fourth-order valence-corrected chi connectivity index (χ4v) is 2.20. The number of hydrogen-bond donors (Lipinski definition) is 2. The van der Waals surface area contributed by atoms with Crippen LogP contribution in [0.2, 0.25) is 0 Å². The highest BCUT2D eigenvalue weighted by Gasteiger charge is 2.15. The minimum absolute atomic E-state index is 0.0381. The Labute approximate surface area is 93.9 Å². The van der Waals surface area contributed by atoms with E-state index in [-0.39, 0.29) is 6.61 Å². The standard InChI is InChI=1S/C10H16N2O2S/c13-7-9-5-11-10(15)12(9)6-8-1-3-14-4-2-8/h5,8,13H,1-4,6-7H2,(H,11,15). The summed E-state index contributed by atoms with van der Waals surface area (Å²) in [5.74, 6) is 0.617. The summed E-state index contributed by atoms with van der Waals surface area (Å²) in [5.41, 5.74) is 0.867. The molecule has 4 nitrogen and oxygen atoms in total. The number of ether oxygens (including phenoxy) is 1. The number of H-pyrrole nitrogens is 1. The molecule has 5 heteroatoms. The van der Waals surface area contributed by atoms with Gasteiger partial charge in [0.25, 0.3) is 0 Å². The predicted octanol–water partition coefficient (Wildman–Crippen LogP) is 1.46. The number of nitrogens with zero attached hydrogens (tertiary/aromatic N) is 1. The van der Waals surface area contributed by atoms with Gasteiger partial charge in [0.15, 0.2) is 4.77 Å². The Bertz CT molecular complexity index is 366. The van der Waals surface area contributed by atoms with Gasteiger partial charge >= 0.3 is 0 Å². The maximum Gasteiger partial charge on any atom is 0.177 e. The van der Waals surface area contributed by atoms with Crippen LogP contribution in [0, 0.1) is 10.7 Å². The zero-order valence-corrected chi connectivity index (χ0v) is 9.42. The first kappa shape index (κ1) is 10.9. The monoisotopic (exact) mass is 228 g/mol. The van der Waals surface area contributed by atoms with Crippen molar-refractivity contribution in [2.24, 2.45) is 5.92 Å². The summed E-state index contributed by atoms with van der Waals surface area (Å²) < 4.78 is 8.00. The quantitative estimate of drug-likeness (QED) is 0.770. The minimum Gasteiger partial charge on any atom is -0.390 e. The summed E-state index contributed by atoms with van der Waals surface area (Å²) in [7, 11) is 0. The third-order valence-electron chi connectivity index (χ3n) is 2.90. The Balaban J connectivity index is 2.08. The van der Waals surface area contributed by atoms with Crippen molar-refractivity contribution in [1.29, 1.82) is 0 Å². The fraction of sp³-hybridized carbons (Fsp3) is 0.700. The van der Waals surface area contributed by atoms with E-state index in [0.29, 0.717) is 10.7 Å². The van der Waals surface area contributed by atoms with Gasteiger partial charge in [0.2, 0.25) is 0 Å². The summed E-state index contributed by atoms with van der Waals surface area (Å²) >= 11 is 5.17. The van der Waals surface area contributed by atoms with Crippen LogP contribution in [0.5, 0.6) is 0 Å². The Morgan fingerprint density at radius 2 is 2.27 bits per heavy atom. The van der Waals surface area contributed by atoms with Crippen LogP contribution >= 0.6 is 12.2 Å². The highest BCUT2D eigenvalue weighted by atomic mass is 32.1. The molecule has 2 rings (SSSR count). The van der Waals surface area contributed by atoms with Crippen molar-refractivity contribution in [3.05, 3.63) is 16.7 Å². The number of nitrogens with one attached hydrogen (secondary N) is 1. The molecule has 0 saturated carbocycles. The van der Waals surface area contributed by atoms with Crippen molar-refractivity contribution >= 4 is 12.2 Å². The molecule has 0 bridgehead atoms. The molecule has 0 spiro atoms. The molecule has 2 heterocycles. The van der Waals surface area contributed by atoms with Crippen LogP contribution < -0.4 is 0 Å². The molecule has 84 valence electrons. The molecule has 1 aliphatic heterocycles. The van der Waals surface area contributed by atoms with Gasteiger partial charge in [-0.3, -0.25) is 0 Å². The van der Waals surface area contributed by atoms with Gasteiger partial charge in [0.1, 0.15) is 0 Å². The molecular weight excluding hydrogens is 212 g/mol.